The minimum absolute atomic E-state index is 0.128. The molecule has 0 radical (unpaired) electrons. The van der Waals surface area contributed by atoms with E-state index < -0.39 is 34.3 Å². The number of rotatable bonds is 11. The average Bonchev–Trinajstić information content (AvgIpc) is 2.87. The Morgan fingerprint density at radius 1 is 0.923 bits per heavy atom. The molecule has 0 aliphatic rings. The van der Waals surface area contributed by atoms with Crippen LogP contribution in [0.5, 0.6) is 0 Å². The van der Waals surface area contributed by atoms with E-state index >= 15 is 0 Å². The molecular formula is C30H36FN3O4S. The lowest BCUT2D eigenvalue weighted by atomic mass is 10.1. The van der Waals surface area contributed by atoms with Crippen molar-refractivity contribution >= 4 is 27.5 Å². The number of nitrogens with one attached hydrogen (secondary N) is 1. The molecule has 0 aliphatic heterocycles. The lowest BCUT2D eigenvalue weighted by Gasteiger charge is -2.33. The van der Waals surface area contributed by atoms with Gasteiger partial charge in [-0.15, -0.1) is 0 Å². The van der Waals surface area contributed by atoms with Gasteiger partial charge in [0.2, 0.25) is 11.8 Å². The van der Waals surface area contributed by atoms with Crippen LogP contribution in [0.15, 0.2) is 77.7 Å². The first-order valence-electron chi connectivity index (χ1n) is 12.9. The second-order valence-corrected chi connectivity index (χ2v) is 11.8. The molecule has 3 rings (SSSR count). The second kappa shape index (κ2) is 12.9. The Morgan fingerprint density at radius 3 is 2.13 bits per heavy atom. The summed E-state index contributed by atoms with van der Waals surface area (Å²) in [7, 11) is -4.24. The zero-order valence-corrected chi connectivity index (χ0v) is 23.8. The molecule has 0 saturated heterocycles. The van der Waals surface area contributed by atoms with E-state index in [1.807, 2.05) is 58.9 Å². The van der Waals surface area contributed by atoms with E-state index in [1.165, 1.54) is 17.0 Å². The minimum atomic E-state index is -4.24. The normalized spacial score (nSPS) is 12.2. The van der Waals surface area contributed by atoms with E-state index in [4.69, 9.17) is 0 Å². The lowest BCUT2D eigenvalue weighted by molar-refractivity contribution is -0.140. The van der Waals surface area contributed by atoms with Crippen LogP contribution in [0.25, 0.3) is 0 Å². The van der Waals surface area contributed by atoms with Crippen molar-refractivity contribution in [3.05, 3.63) is 95.3 Å². The van der Waals surface area contributed by atoms with Crippen molar-refractivity contribution < 1.29 is 22.4 Å². The number of carbonyl (C=O) groups excluding carboxylic acids is 2. The smallest absolute Gasteiger partial charge is 0.264 e. The van der Waals surface area contributed by atoms with Gasteiger partial charge in [0, 0.05) is 12.6 Å². The monoisotopic (exact) mass is 553 g/mol. The summed E-state index contributed by atoms with van der Waals surface area (Å²) in [4.78, 5) is 28.4. The summed E-state index contributed by atoms with van der Waals surface area (Å²) in [5.74, 6) is -1.41. The van der Waals surface area contributed by atoms with Crippen molar-refractivity contribution in [1.82, 2.24) is 10.2 Å². The largest absolute Gasteiger partial charge is 0.352 e. The molecule has 208 valence electrons. The molecule has 9 heteroatoms. The first-order chi connectivity index (χ1) is 18.4. The third-order valence-electron chi connectivity index (χ3n) is 6.25. The zero-order valence-electron chi connectivity index (χ0n) is 23.0. The Labute approximate surface area is 230 Å². The van der Waals surface area contributed by atoms with Gasteiger partial charge in [0.05, 0.1) is 10.6 Å². The summed E-state index contributed by atoms with van der Waals surface area (Å²) >= 11 is 0. The molecule has 0 aromatic heterocycles. The Morgan fingerprint density at radius 2 is 1.56 bits per heavy atom. The quantitative estimate of drug-likeness (QED) is 0.363. The van der Waals surface area contributed by atoms with E-state index in [-0.39, 0.29) is 29.1 Å². The van der Waals surface area contributed by atoms with Crippen molar-refractivity contribution in [3.63, 3.8) is 0 Å². The highest BCUT2D eigenvalue weighted by atomic mass is 32.2. The van der Waals surface area contributed by atoms with Crippen LogP contribution in [0.1, 0.15) is 43.9 Å². The number of benzene rings is 3. The molecule has 0 spiro atoms. The molecule has 0 fully saturated rings. The van der Waals surface area contributed by atoms with Crippen LogP contribution in [-0.2, 0) is 26.2 Å². The van der Waals surface area contributed by atoms with Crippen LogP contribution in [0.4, 0.5) is 10.1 Å². The molecule has 0 saturated carbocycles. The van der Waals surface area contributed by atoms with Gasteiger partial charge in [0.1, 0.15) is 18.4 Å². The molecule has 1 atom stereocenters. The van der Waals surface area contributed by atoms with Crippen molar-refractivity contribution in [2.75, 3.05) is 10.8 Å². The number of hydrogen-bond donors (Lipinski definition) is 1. The summed E-state index contributed by atoms with van der Waals surface area (Å²) in [5.41, 5.74) is 3.03. The van der Waals surface area contributed by atoms with E-state index in [0.717, 1.165) is 33.1 Å². The fourth-order valence-corrected chi connectivity index (χ4v) is 5.70. The lowest BCUT2D eigenvalue weighted by Crippen LogP contribution is -2.53. The van der Waals surface area contributed by atoms with E-state index in [9.17, 15) is 22.4 Å². The Hall–Kier alpha value is -3.72. The molecule has 39 heavy (non-hydrogen) atoms. The highest BCUT2D eigenvalue weighted by Gasteiger charge is 2.33. The molecule has 3 aromatic carbocycles. The molecule has 0 aliphatic carbocycles. The number of carbonyl (C=O) groups is 2. The van der Waals surface area contributed by atoms with Crippen LogP contribution in [0.3, 0.4) is 0 Å². The van der Waals surface area contributed by atoms with Gasteiger partial charge >= 0.3 is 0 Å². The maximum atomic E-state index is 14.0. The predicted molar refractivity (Wildman–Crippen MR) is 151 cm³/mol. The number of sulfonamides is 1. The zero-order chi connectivity index (χ0) is 28.7. The van der Waals surface area contributed by atoms with Gasteiger partial charge < -0.3 is 10.2 Å². The van der Waals surface area contributed by atoms with E-state index in [0.29, 0.717) is 6.42 Å². The van der Waals surface area contributed by atoms with Crippen molar-refractivity contribution in [2.45, 2.75) is 64.6 Å². The van der Waals surface area contributed by atoms with Gasteiger partial charge in [-0.2, -0.15) is 0 Å². The molecule has 0 bridgehead atoms. The van der Waals surface area contributed by atoms with Gasteiger partial charge in [-0.25, -0.2) is 12.8 Å². The molecular weight excluding hydrogens is 517 g/mol. The Kier molecular flexibility index (Phi) is 9.86. The molecule has 2 amide bonds. The molecule has 0 heterocycles. The highest BCUT2D eigenvalue weighted by Crippen LogP contribution is 2.25. The summed E-state index contributed by atoms with van der Waals surface area (Å²) in [6.45, 7) is 8.89. The number of nitrogens with zero attached hydrogens (tertiary/aromatic N) is 2. The Balaban J connectivity index is 2.06. The number of hydrogen-bond acceptors (Lipinski definition) is 4. The van der Waals surface area contributed by atoms with Crippen LogP contribution in [0, 0.1) is 19.7 Å². The molecule has 7 nitrogen and oxygen atoms in total. The van der Waals surface area contributed by atoms with Crippen LogP contribution in [0.2, 0.25) is 0 Å². The number of aryl methyl sites for hydroxylation is 2. The van der Waals surface area contributed by atoms with Gasteiger partial charge in [0.15, 0.2) is 0 Å². The predicted octanol–water partition coefficient (Wildman–Crippen LogP) is 4.97. The van der Waals surface area contributed by atoms with Gasteiger partial charge in [0.25, 0.3) is 10.0 Å². The minimum Gasteiger partial charge on any atom is -0.352 e. The molecule has 3 aromatic rings. The number of anilines is 1. The van der Waals surface area contributed by atoms with Gasteiger partial charge in [-0.1, -0.05) is 54.4 Å². The summed E-state index contributed by atoms with van der Waals surface area (Å²) in [5, 5.41) is 2.88. The maximum Gasteiger partial charge on any atom is 0.264 e. The number of amides is 2. The number of halogens is 1. The topological polar surface area (TPSA) is 86.8 Å². The fraction of sp³-hybridized carbons (Fsp3) is 0.333. The first kappa shape index (κ1) is 29.8. The summed E-state index contributed by atoms with van der Waals surface area (Å²) in [6.07, 6.45) is 0.339. The standard InChI is InChI=1S/C30H36FN3O4S/c1-6-28(30(36)32-21(2)3)33(19-24-9-7-8-23(5)18-24)29(35)20-34(26-14-10-22(4)11-15-26)39(37,38)27-16-12-25(31)13-17-27/h7-18,21,28H,6,19-20H2,1-5H3,(H,32,36)/t28-/m1/s1. The maximum absolute atomic E-state index is 14.0. The summed E-state index contributed by atoms with van der Waals surface area (Å²) < 4.78 is 42.1. The van der Waals surface area contributed by atoms with E-state index in [1.54, 1.807) is 24.3 Å². The molecule has 1 N–H and O–H groups in total. The van der Waals surface area contributed by atoms with Crippen molar-refractivity contribution in [3.8, 4) is 0 Å². The SMILES string of the molecule is CC[C@H](C(=O)NC(C)C)N(Cc1cccc(C)c1)C(=O)CN(c1ccc(C)cc1)S(=O)(=O)c1ccc(F)cc1. The van der Waals surface area contributed by atoms with E-state index in [2.05, 4.69) is 5.32 Å². The van der Waals surface area contributed by atoms with Crippen LogP contribution >= 0.6 is 0 Å². The van der Waals surface area contributed by atoms with Crippen molar-refractivity contribution in [2.24, 2.45) is 0 Å². The second-order valence-electron chi connectivity index (χ2n) is 9.90. The highest BCUT2D eigenvalue weighted by molar-refractivity contribution is 7.92. The van der Waals surface area contributed by atoms with Crippen molar-refractivity contribution in [1.29, 1.82) is 0 Å². The van der Waals surface area contributed by atoms with Gasteiger partial charge in [-0.3, -0.25) is 13.9 Å². The van der Waals surface area contributed by atoms with Gasteiger partial charge in [-0.05, 0) is 76.1 Å². The third kappa shape index (κ3) is 7.66. The van der Waals surface area contributed by atoms with Crippen LogP contribution < -0.4 is 9.62 Å². The average molecular weight is 554 g/mol. The molecule has 0 unspecified atom stereocenters. The van der Waals surface area contributed by atoms with Crippen LogP contribution in [-0.4, -0.2) is 43.8 Å². The third-order valence-corrected chi connectivity index (χ3v) is 8.04. The Bertz CT molecular complexity index is 1390. The summed E-state index contributed by atoms with van der Waals surface area (Å²) in [6, 6.07) is 17.9. The first-order valence-corrected chi connectivity index (χ1v) is 14.4. The fourth-order valence-electron chi connectivity index (χ4n) is 4.28.